The molecule has 1 atom stereocenters. The van der Waals surface area contributed by atoms with Crippen LogP contribution in [0.4, 0.5) is 4.79 Å². The maximum absolute atomic E-state index is 12.3. The minimum Gasteiger partial charge on any atom is -0.461 e. The topological polar surface area (TPSA) is 110 Å². The number of hydrogen-bond acceptors (Lipinski definition) is 8. The second-order valence-corrected chi connectivity index (χ2v) is 5.60. The summed E-state index contributed by atoms with van der Waals surface area (Å²) in [4.78, 5) is 40.7. The summed E-state index contributed by atoms with van der Waals surface area (Å²) >= 11 is 1.04. The van der Waals surface area contributed by atoms with Gasteiger partial charge >= 0.3 is 12.1 Å². The molecule has 1 aromatic rings. The minimum atomic E-state index is -1.13. The Balaban J connectivity index is 2.07. The van der Waals surface area contributed by atoms with E-state index in [0.717, 1.165) is 11.3 Å². The summed E-state index contributed by atoms with van der Waals surface area (Å²) in [6.45, 7) is 2.41. The first-order valence-electron chi connectivity index (χ1n) is 7.03. The van der Waals surface area contributed by atoms with Gasteiger partial charge in [-0.1, -0.05) is 0 Å². The lowest BCUT2D eigenvalue weighted by molar-refractivity contribution is -0.120. The van der Waals surface area contributed by atoms with Crippen molar-refractivity contribution in [2.24, 2.45) is 0 Å². The SMILES string of the molecule is CCOC(=O)c1csc(C(C#N)C(=O)CN2CCCOC2=O)n1. The fourth-order valence-corrected chi connectivity index (χ4v) is 2.86. The molecule has 1 saturated heterocycles. The number of esters is 1. The van der Waals surface area contributed by atoms with Crippen molar-refractivity contribution >= 4 is 29.2 Å². The Morgan fingerprint density at radius 1 is 1.61 bits per heavy atom. The van der Waals surface area contributed by atoms with Gasteiger partial charge in [0.2, 0.25) is 0 Å². The van der Waals surface area contributed by atoms with Crippen molar-refractivity contribution in [3.05, 3.63) is 16.1 Å². The summed E-state index contributed by atoms with van der Waals surface area (Å²) in [5.41, 5.74) is 0.0669. The molecule has 0 saturated carbocycles. The Bertz CT molecular complexity index is 651. The number of rotatable bonds is 6. The molecule has 1 aromatic heterocycles. The third kappa shape index (κ3) is 4.04. The molecule has 2 heterocycles. The molecule has 0 N–H and O–H groups in total. The summed E-state index contributed by atoms with van der Waals surface area (Å²) in [7, 11) is 0. The fraction of sp³-hybridized carbons (Fsp3) is 0.500. The molecule has 0 aliphatic carbocycles. The molecule has 0 spiro atoms. The summed E-state index contributed by atoms with van der Waals surface area (Å²) in [5.74, 6) is -2.19. The Labute approximate surface area is 136 Å². The van der Waals surface area contributed by atoms with Crippen molar-refractivity contribution in [2.75, 3.05) is 26.3 Å². The van der Waals surface area contributed by atoms with Gasteiger partial charge < -0.3 is 14.4 Å². The smallest absolute Gasteiger partial charge is 0.410 e. The van der Waals surface area contributed by atoms with E-state index in [1.165, 1.54) is 10.3 Å². The first-order chi connectivity index (χ1) is 11.1. The van der Waals surface area contributed by atoms with Crippen molar-refractivity contribution in [2.45, 2.75) is 19.3 Å². The number of hydrogen-bond donors (Lipinski definition) is 0. The third-order valence-corrected chi connectivity index (χ3v) is 4.02. The highest BCUT2D eigenvalue weighted by molar-refractivity contribution is 7.10. The summed E-state index contributed by atoms with van der Waals surface area (Å²) in [6.07, 6.45) is 0.0770. The number of cyclic esters (lactones) is 1. The van der Waals surface area contributed by atoms with Crippen LogP contribution in [0.5, 0.6) is 0 Å². The number of thiazole rings is 1. The second-order valence-electron chi connectivity index (χ2n) is 4.71. The van der Waals surface area contributed by atoms with Gasteiger partial charge in [0.05, 0.1) is 25.8 Å². The molecule has 1 aliphatic rings. The highest BCUT2D eigenvalue weighted by Crippen LogP contribution is 2.22. The first kappa shape index (κ1) is 16.9. The Morgan fingerprint density at radius 2 is 2.39 bits per heavy atom. The number of carbonyl (C=O) groups excluding carboxylic acids is 3. The van der Waals surface area contributed by atoms with E-state index in [2.05, 4.69) is 4.98 Å². The molecule has 1 aliphatic heterocycles. The van der Waals surface area contributed by atoms with Crippen LogP contribution in [-0.4, -0.2) is 54.0 Å². The van der Waals surface area contributed by atoms with Gasteiger partial charge in [-0.15, -0.1) is 11.3 Å². The molecule has 2 rings (SSSR count). The van der Waals surface area contributed by atoms with E-state index in [1.807, 2.05) is 6.07 Å². The maximum atomic E-state index is 12.3. The molecule has 0 bridgehead atoms. The van der Waals surface area contributed by atoms with Gasteiger partial charge in [-0.2, -0.15) is 5.26 Å². The van der Waals surface area contributed by atoms with Crippen LogP contribution in [0.3, 0.4) is 0 Å². The van der Waals surface area contributed by atoms with Gasteiger partial charge in [-0.05, 0) is 13.3 Å². The molecule has 23 heavy (non-hydrogen) atoms. The lowest BCUT2D eigenvalue weighted by Gasteiger charge is -2.25. The zero-order valence-electron chi connectivity index (χ0n) is 12.5. The fourth-order valence-electron chi connectivity index (χ4n) is 2.00. The first-order valence-corrected chi connectivity index (χ1v) is 7.91. The normalized spacial score (nSPS) is 15.5. The molecule has 122 valence electrons. The summed E-state index contributed by atoms with van der Waals surface area (Å²) < 4.78 is 9.67. The predicted octanol–water partition coefficient (Wildman–Crippen LogP) is 1.34. The van der Waals surface area contributed by atoms with Gasteiger partial charge in [0, 0.05) is 11.9 Å². The van der Waals surface area contributed by atoms with E-state index in [-0.39, 0.29) is 23.9 Å². The molecule has 1 amide bonds. The number of nitrogens with zero attached hydrogens (tertiary/aromatic N) is 3. The number of aromatic nitrogens is 1. The molecule has 9 heteroatoms. The van der Waals surface area contributed by atoms with Crippen LogP contribution in [0.1, 0.15) is 34.8 Å². The molecule has 1 fully saturated rings. The van der Waals surface area contributed by atoms with Gasteiger partial charge in [0.25, 0.3) is 0 Å². The minimum absolute atomic E-state index is 0.0669. The van der Waals surface area contributed by atoms with E-state index >= 15 is 0 Å². The number of Topliss-reactive ketones (excluding diaryl/α,β-unsaturated/α-hetero) is 1. The van der Waals surface area contributed by atoms with Crippen molar-refractivity contribution < 1.29 is 23.9 Å². The molecule has 0 radical (unpaired) electrons. The zero-order chi connectivity index (χ0) is 16.8. The Hall–Kier alpha value is -2.47. The number of carbonyl (C=O) groups is 3. The zero-order valence-corrected chi connectivity index (χ0v) is 13.3. The van der Waals surface area contributed by atoms with Crippen molar-refractivity contribution in [3.63, 3.8) is 0 Å². The van der Waals surface area contributed by atoms with Gasteiger partial charge in [-0.25, -0.2) is 14.6 Å². The van der Waals surface area contributed by atoms with E-state index in [9.17, 15) is 19.6 Å². The van der Waals surface area contributed by atoms with Gasteiger partial charge in [0.1, 0.15) is 5.01 Å². The van der Waals surface area contributed by atoms with Crippen LogP contribution in [-0.2, 0) is 14.3 Å². The number of ether oxygens (including phenoxy) is 2. The quantitative estimate of drug-likeness (QED) is 0.720. The van der Waals surface area contributed by atoms with E-state index in [1.54, 1.807) is 6.92 Å². The highest BCUT2D eigenvalue weighted by Gasteiger charge is 2.29. The number of amides is 1. The van der Waals surface area contributed by atoms with Crippen molar-refractivity contribution in [3.8, 4) is 6.07 Å². The van der Waals surface area contributed by atoms with Crippen molar-refractivity contribution in [1.82, 2.24) is 9.88 Å². The van der Waals surface area contributed by atoms with E-state index in [4.69, 9.17) is 9.47 Å². The van der Waals surface area contributed by atoms with Crippen LogP contribution in [0.15, 0.2) is 5.38 Å². The second kappa shape index (κ2) is 7.69. The third-order valence-electron chi connectivity index (χ3n) is 3.11. The lowest BCUT2D eigenvalue weighted by Crippen LogP contribution is -2.41. The maximum Gasteiger partial charge on any atom is 0.410 e. The van der Waals surface area contributed by atoms with Crippen molar-refractivity contribution in [1.29, 1.82) is 5.26 Å². The van der Waals surface area contributed by atoms with Gasteiger partial charge in [0.15, 0.2) is 17.4 Å². The largest absolute Gasteiger partial charge is 0.461 e. The molecule has 1 unspecified atom stereocenters. The summed E-state index contributed by atoms with van der Waals surface area (Å²) in [6, 6.07) is 1.87. The summed E-state index contributed by atoms with van der Waals surface area (Å²) in [5, 5.41) is 10.9. The number of ketones is 1. The molecular formula is C14H15N3O5S. The van der Waals surface area contributed by atoms with Gasteiger partial charge in [-0.3, -0.25) is 4.79 Å². The standard InChI is InChI=1S/C14H15N3O5S/c1-2-21-13(19)10-8-23-12(16-10)9(6-15)11(18)7-17-4-3-5-22-14(17)20/h8-9H,2-5,7H2,1H3. The molecule has 8 nitrogen and oxygen atoms in total. The monoisotopic (exact) mass is 337 g/mol. The van der Waals surface area contributed by atoms with Crippen LogP contribution in [0, 0.1) is 11.3 Å². The lowest BCUT2D eigenvalue weighted by atomic mass is 10.1. The van der Waals surface area contributed by atoms with Crippen LogP contribution < -0.4 is 0 Å². The Morgan fingerprint density at radius 3 is 3.04 bits per heavy atom. The molecular weight excluding hydrogens is 322 g/mol. The van der Waals surface area contributed by atoms with E-state index in [0.29, 0.717) is 19.6 Å². The van der Waals surface area contributed by atoms with Crippen LogP contribution in [0.25, 0.3) is 0 Å². The number of nitriles is 1. The van der Waals surface area contributed by atoms with Crippen LogP contribution >= 0.6 is 11.3 Å². The predicted molar refractivity (Wildman–Crippen MR) is 79.0 cm³/mol. The van der Waals surface area contributed by atoms with Crippen LogP contribution in [0.2, 0.25) is 0 Å². The van der Waals surface area contributed by atoms with E-state index < -0.39 is 23.8 Å². The molecule has 0 aromatic carbocycles. The Kier molecular flexibility index (Phi) is 5.65. The average Bonchev–Trinajstić information content (AvgIpc) is 3.00. The average molecular weight is 337 g/mol. The highest BCUT2D eigenvalue weighted by atomic mass is 32.1.